The topological polar surface area (TPSA) is 73.0 Å². The Labute approximate surface area is 134 Å². The quantitative estimate of drug-likeness (QED) is 0.804. The predicted molar refractivity (Wildman–Crippen MR) is 85.8 cm³/mol. The number of hydrogen-bond donors (Lipinski definition) is 1. The van der Waals surface area contributed by atoms with E-state index in [-0.39, 0.29) is 5.91 Å². The summed E-state index contributed by atoms with van der Waals surface area (Å²) in [6.07, 6.45) is 5.44. The van der Waals surface area contributed by atoms with Crippen molar-refractivity contribution in [2.45, 2.75) is 20.4 Å². The van der Waals surface area contributed by atoms with E-state index in [1.165, 1.54) is 0 Å². The highest BCUT2D eigenvalue weighted by Gasteiger charge is 2.13. The van der Waals surface area contributed by atoms with E-state index in [4.69, 9.17) is 4.42 Å². The highest BCUT2D eigenvalue weighted by Crippen LogP contribution is 2.16. The predicted octanol–water partition coefficient (Wildman–Crippen LogP) is 2.62. The van der Waals surface area contributed by atoms with Gasteiger partial charge in [0, 0.05) is 31.5 Å². The van der Waals surface area contributed by atoms with Crippen LogP contribution in [0.1, 0.15) is 27.4 Å². The van der Waals surface area contributed by atoms with Crippen molar-refractivity contribution in [2.24, 2.45) is 7.05 Å². The molecule has 0 bridgehead atoms. The van der Waals surface area contributed by atoms with Crippen molar-refractivity contribution < 1.29 is 9.21 Å². The lowest BCUT2D eigenvalue weighted by Gasteiger charge is -2.05. The summed E-state index contributed by atoms with van der Waals surface area (Å²) in [6.45, 7) is 4.03. The summed E-state index contributed by atoms with van der Waals surface area (Å²) < 4.78 is 7.11. The Bertz CT molecular complexity index is 831. The van der Waals surface area contributed by atoms with Gasteiger partial charge in [-0.25, -0.2) is 0 Å². The van der Waals surface area contributed by atoms with Crippen molar-refractivity contribution in [3.05, 3.63) is 59.4 Å². The van der Waals surface area contributed by atoms with Crippen molar-refractivity contribution >= 4 is 5.91 Å². The Hall–Kier alpha value is -2.89. The molecule has 0 spiro atoms. The number of rotatable bonds is 4. The maximum atomic E-state index is 12.1. The van der Waals surface area contributed by atoms with Crippen molar-refractivity contribution in [3.8, 4) is 11.3 Å². The minimum absolute atomic E-state index is 0.143. The molecule has 6 heteroatoms. The summed E-state index contributed by atoms with van der Waals surface area (Å²) in [7, 11) is 1.87. The SMILES string of the molecule is Cc1cc(C(=O)NCc2ccc(-c3cnn(C)c3)nc2)c(C)o1. The van der Waals surface area contributed by atoms with Crippen LogP contribution in [-0.4, -0.2) is 20.7 Å². The van der Waals surface area contributed by atoms with Gasteiger partial charge in [0.2, 0.25) is 0 Å². The Morgan fingerprint density at radius 3 is 2.70 bits per heavy atom. The van der Waals surface area contributed by atoms with Crippen LogP contribution >= 0.6 is 0 Å². The average Bonchev–Trinajstić information content (AvgIpc) is 3.11. The van der Waals surface area contributed by atoms with Crippen LogP contribution in [0.25, 0.3) is 11.3 Å². The fourth-order valence-electron chi connectivity index (χ4n) is 2.39. The van der Waals surface area contributed by atoms with Gasteiger partial charge in [-0.15, -0.1) is 0 Å². The highest BCUT2D eigenvalue weighted by molar-refractivity contribution is 5.95. The number of aromatic nitrogens is 3. The van der Waals surface area contributed by atoms with Gasteiger partial charge in [-0.05, 0) is 31.5 Å². The zero-order chi connectivity index (χ0) is 16.4. The number of furan rings is 1. The standard InChI is InChI=1S/C17H18N4O2/c1-11-6-15(12(2)23-11)17(22)19-8-13-4-5-16(18-7-13)14-9-20-21(3)10-14/h4-7,9-10H,8H2,1-3H3,(H,19,22). The molecule has 0 aliphatic heterocycles. The van der Waals surface area contributed by atoms with E-state index in [0.29, 0.717) is 17.9 Å². The Balaban J connectivity index is 1.65. The molecule has 3 rings (SSSR count). The molecule has 23 heavy (non-hydrogen) atoms. The van der Waals surface area contributed by atoms with Gasteiger partial charge in [0.1, 0.15) is 11.5 Å². The third-order valence-electron chi connectivity index (χ3n) is 3.56. The van der Waals surface area contributed by atoms with Crippen LogP contribution in [0.3, 0.4) is 0 Å². The molecule has 118 valence electrons. The molecule has 0 aliphatic carbocycles. The van der Waals surface area contributed by atoms with E-state index in [9.17, 15) is 4.79 Å². The van der Waals surface area contributed by atoms with Crippen molar-refractivity contribution in [1.29, 1.82) is 0 Å². The van der Waals surface area contributed by atoms with Gasteiger partial charge < -0.3 is 9.73 Å². The molecule has 1 N–H and O–H groups in total. The van der Waals surface area contributed by atoms with Crippen LogP contribution in [0.4, 0.5) is 0 Å². The molecule has 0 aromatic carbocycles. The molecule has 0 radical (unpaired) electrons. The Morgan fingerprint density at radius 1 is 1.30 bits per heavy atom. The molecular formula is C17H18N4O2. The summed E-state index contributed by atoms with van der Waals surface area (Å²) in [5, 5.41) is 7.01. The molecule has 1 amide bonds. The van der Waals surface area contributed by atoms with E-state index in [2.05, 4.69) is 15.4 Å². The lowest BCUT2D eigenvalue weighted by molar-refractivity contribution is 0.0949. The first kappa shape index (κ1) is 15.0. The summed E-state index contributed by atoms with van der Waals surface area (Å²) in [4.78, 5) is 16.6. The van der Waals surface area contributed by atoms with Crippen molar-refractivity contribution in [1.82, 2.24) is 20.1 Å². The van der Waals surface area contributed by atoms with Crippen molar-refractivity contribution in [2.75, 3.05) is 0 Å². The molecule has 3 aromatic heterocycles. The minimum Gasteiger partial charge on any atom is -0.466 e. The van der Waals surface area contributed by atoms with Gasteiger partial charge in [-0.3, -0.25) is 14.5 Å². The maximum absolute atomic E-state index is 12.1. The summed E-state index contributed by atoms with van der Waals surface area (Å²) in [5.41, 5.74) is 3.33. The maximum Gasteiger partial charge on any atom is 0.255 e. The molecule has 3 heterocycles. The van der Waals surface area contributed by atoms with Crippen LogP contribution in [0.5, 0.6) is 0 Å². The van der Waals surface area contributed by atoms with E-state index >= 15 is 0 Å². The molecule has 0 saturated heterocycles. The summed E-state index contributed by atoms with van der Waals surface area (Å²) in [6, 6.07) is 5.61. The summed E-state index contributed by atoms with van der Waals surface area (Å²) in [5.74, 6) is 1.22. The van der Waals surface area contributed by atoms with Gasteiger partial charge in [-0.2, -0.15) is 5.10 Å². The smallest absolute Gasteiger partial charge is 0.255 e. The molecule has 0 aliphatic rings. The molecule has 0 saturated carbocycles. The van der Waals surface area contributed by atoms with Gasteiger partial charge in [0.05, 0.1) is 17.5 Å². The Morgan fingerprint density at radius 2 is 2.13 bits per heavy atom. The molecule has 0 unspecified atom stereocenters. The number of carbonyl (C=O) groups is 1. The number of hydrogen-bond acceptors (Lipinski definition) is 4. The fraction of sp³-hybridized carbons (Fsp3) is 0.235. The number of nitrogens with one attached hydrogen (secondary N) is 1. The highest BCUT2D eigenvalue weighted by atomic mass is 16.3. The van der Waals surface area contributed by atoms with Gasteiger partial charge in [-0.1, -0.05) is 6.07 Å². The minimum atomic E-state index is -0.143. The van der Waals surface area contributed by atoms with Crippen LogP contribution in [0.15, 0.2) is 41.2 Å². The van der Waals surface area contributed by atoms with Crippen LogP contribution in [0.2, 0.25) is 0 Å². The second kappa shape index (κ2) is 6.08. The van der Waals surface area contributed by atoms with Gasteiger partial charge >= 0.3 is 0 Å². The molecule has 6 nitrogen and oxygen atoms in total. The molecular weight excluding hydrogens is 292 g/mol. The zero-order valence-electron chi connectivity index (χ0n) is 13.3. The van der Waals surface area contributed by atoms with Crippen molar-refractivity contribution in [3.63, 3.8) is 0 Å². The Kier molecular flexibility index (Phi) is 3.97. The van der Waals surface area contributed by atoms with E-state index in [1.54, 1.807) is 30.1 Å². The third-order valence-corrected chi connectivity index (χ3v) is 3.56. The van der Waals surface area contributed by atoms with E-state index in [1.807, 2.05) is 32.3 Å². The van der Waals surface area contributed by atoms with E-state index in [0.717, 1.165) is 22.6 Å². The lowest BCUT2D eigenvalue weighted by Crippen LogP contribution is -2.23. The van der Waals surface area contributed by atoms with E-state index < -0.39 is 0 Å². The number of pyridine rings is 1. The normalized spacial score (nSPS) is 10.7. The molecule has 0 atom stereocenters. The second-order valence-electron chi connectivity index (χ2n) is 5.46. The fourth-order valence-corrected chi connectivity index (χ4v) is 2.39. The average molecular weight is 310 g/mol. The monoisotopic (exact) mass is 310 g/mol. The summed E-state index contributed by atoms with van der Waals surface area (Å²) >= 11 is 0. The van der Waals surface area contributed by atoms with Gasteiger partial charge in [0.15, 0.2) is 0 Å². The zero-order valence-corrected chi connectivity index (χ0v) is 13.3. The van der Waals surface area contributed by atoms with Gasteiger partial charge in [0.25, 0.3) is 5.91 Å². The van der Waals surface area contributed by atoms with Crippen LogP contribution in [-0.2, 0) is 13.6 Å². The number of amides is 1. The third kappa shape index (κ3) is 3.31. The second-order valence-corrected chi connectivity index (χ2v) is 5.46. The largest absolute Gasteiger partial charge is 0.466 e. The molecule has 0 fully saturated rings. The first-order valence-electron chi connectivity index (χ1n) is 7.32. The number of aryl methyl sites for hydroxylation is 3. The molecule has 3 aromatic rings. The first-order valence-corrected chi connectivity index (χ1v) is 7.32. The van der Waals surface area contributed by atoms with Crippen LogP contribution in [0, 0.1) is 13.8 Å². The first-order chi connectivity index (χ1) is 11.0. The number of carbonyl (C=O) groups excluding carboxylic acids is 1. The lowest BCUT2D eigenvalue weighted by atomic mass is 10.2. The van der Waals surface area contributed by atoms with Crippen LogP contribution < -0.4 is 5.32 Å². The number of nitrogens with zero attached hydrogens (tertiary/aromatic N) is 3.